The predicted molar refractivity (Wildman–Crippen MR) is 132 cm³/mol. The maximum Gasteiger partial charge on any atom is 0.200 e. The molecule has 3 rings (SSSR count). The van der Waals surface area contributed by atoms with E-state index < -0.39 is 0 Å². The highest BCUT2D eigenvalue weighted by Gasteiger charge is 2.16. The second kappa shape index (κ2) is 10.4. The fourth-order valence-electron chi connectivity index (χ4n) is 3.45. The minimum atomic E-state index is 0.406. The Labute approximate surface area is 185 Å². The van der Waals surface area contributed by atoms with E-state index >= 15 is 0 Å². The zero-order chi connectivity index (χ0) is 22.4. The highest BCUT2D eigenvalue weighted by molar-refractivity contribution is 7.71. The van der Waals surface area contributed by atoms with Gasteiger partial charge in [-0.25, -0.2) is 0 Å². The Kier molecular flexibility index (Phi) is 8.24. The van der Waals surface area contributed by atoms with Crippen molar-refractivity contribution in [3.05, 3.63) is 52.3 Å². The van der Waals surface area contributed by atoms with E-state index in [9.17, 15) is 0 Å². The lowest BCUT2D eigenvalue weighted by Gasteiger charge is -2.22. The maximum atomic E-state index is 6.31. The van der Waals surface area contributed by atoms with Gasteiger partial charge in [-0.15, -0.1) is 0 Å². The third-order valence-electron chi connectivity index (χ3n) is 5.08. The Hall–Kier alpha value is -2.60. The number of hydrogen-bond donors (Lipinski definition) is 2. The maximum absolute atomic E-state index is 6.31. The molecular weight excluding hydrogens is 390 g/mol. The molecule has 2 aromatic carbocycles. The summed E-state index contributed by atoms with van der Waals surface area (Å²) in [4.78, 5) is 2.27. The van der Waals surface area contributed by atoms with Crippen molar-refractivity contribution >= 4 is 23.6 Å². The Morgan fingerprint density at radius 1 is 1.17 bits per heavy atom. The van der Waals surface area contributed by atoms with Crippen molar-refractivity contribution in [2.45, 2.75) is 53.9 Å². The van der Waals surface area contributed by atoms with E-state index in [-0.39, 0.29) is 0 Å². The van der Waals surface area contributed by atoms with E-state index in [1.54, 1.807) is 0 Å². The number of nitrogen functional groups attached to an aromatic ring is 1. The van der Waals surface area contributed by atoms with Crippen molar-refractivity contribution in [3.8, 4) is 17.1 Å². The lowest BCUT2D eigenvalue weighted by molar-refractivity contribution is 0.848. The van der Waals surface area contributed by atoms with Crippen LogP contribution in [0.1, 0.15) is 58.1 Å². The Morgan fingerprint density at radius 3 is 2.50 bits per heavy atom. The molecule has 0 bridgehead atoms. The molecule has 162 valence electrons. The van der Waals surface area contributed by atoms with Crippen molar-refractivity contribution in [1.82, 2.24) is 14.8 Å². The first-order chi connectivity index (χ1) is 14.3. The molecule has 0 aliphatic heterocycles. The Balaban J connectivity index is 0.00000155. The van der Waals surface area contributed by atoms with E-state index in [0.717, 1.165) is 30.0 Å². The molecule has 0 aliphatic carbocycles. The van der Waals surface area contributed by atoms with Crippen LogP contribution in [0.5, 0.6) is 0 Å². The molecule has 30 heavy (non-hydrogen) atoms. The highest BCUT2D eigenvalue weighted by Crippen LogP contribution is 2.31. The number of aromatic amines is 1. The van der Waals surface area contributed by atoms with Crippen molar-refractivity contribution in [2.24, 2.45) is 0 Å². The van der Waals surface area contributed by atoms with Gasteiger partial charge < -0.3 is 10.6 Å². The van der Waals surface area contributed by atoms with Crippen LogP contribution < -0.4 is 10.6 Å². The number of rotatable bonds is 6. The number of nitrogens with one attached hydrogen (secondary N) is 1. The fourth-order valence-corrected chi connectivity index (χ4v) is 3.69. The first kappa shape index (κ1) is 23.7. The van der Waals surface area contributed by atoms with Crippen molar-refractivity contribution in [3.63, 3.8) is 0 Å². The Bertz CT molecular complexity index is 1030. The molecule has 0 radical (unpaired) electrons. The number of aryl methyl sites for hydroxylation is 1. The van der Waals surface area contributed by atoms with Crippen LogP contribution in [0.4, 0.5) is 11.4 Å². The van der Waals surface area contributed by atoms with Gasteiger partial charge in [-0.1, -0.05) is 46.8 Å². The summed E-state index contributed by atoms with van der Waals surface area (Å²) in [6.07, 6.45) is 1.09. The molecule has 1 heterocycles. The summed E-state index contributed by atoms with van der Waals surface area (Å²) in [6.45, 7) is 13.6. The smallest absolute Gasteiger partial charge is 0.200 e. The Morgan fingerprint density at radius 2 is 1.87 bits per heavy atom. The molecule has 0 saturated heterocycles. The number of anilines is 2. The van der Waals surface area contributed by atoms with Gasteiger partial charge in [-0.05, 0) is 66.9 Å². The molecular formula is C24H35N5S. The topological polar surface area (TPSA) is 62.9 Å². The van der Waals surface area contributed by atoms with Gasteiger partial charge in [0.15, 0.2) is 10.6 Å². The van der Waals surface area contributed by atoms with Crippen molar-refractivity contribution < 1.29 is 0 Å². The van der Waals surface area contributed by atoms with Gasteiger partial charge in [0.2, 0.25) is 0 Å². The predicted octanol–water partition coefficient (Wildman–Crippen LogP) is 6.48. The van der Waals surface area contributed by atoms with E-state index in [0.29, 0.717) is 16.4 Å². The molecule has 6 heteroatoms. The SMILES string of the molecule is CC.CCCN(C)c1cc(-n2c(-c3cc(C(C)C)ccc3N)n[nH]c2=S)ccc1C. The average molecular weight is 426 g/mol. The number of benzene rings is 2. The minimum absolute atomic E-state index is 0.406. The van der Waals surface area contributed by atoms with Crippen molar-refractivity contribution in [2.75, 3.05) is 24.2 Å². The van der Waals surface area contributed by atoms with E-state index in [4.69, 9.17) is 18.0 Å². The van der Waals surface area contributed by atoms with Crippen LogP contribution in [-0.4, -0.2) is 28.4 Å². The number of nitrogens with zero attached hydrogens (tertiary/aromatic N) is 3. The molecule has 0 spiro atoms. The molecule has 0 fully saturated rings. The number of aromatic nitrogens is 3. The van der Waals surface area contributed by atoms with Gasteiger partial charge in [0.1, 0.15) is 0 Å². The molecule has 0 saturated carbocycles. The lowest BCUT2D eigenvalue weighted by Crippen LogP contribution is -2.19. The third kappa shape index (κ3) is 4.93. The molecule has 3 N–H and O–H groups in total. The number of nitrogens with two attached hydrogens (primary N) is 1. The van der Waals surface area contributed by atoms with E-state index in [1.165, 1.54) is 16.8 Å². The minimum Gasteiger partial charge on any atom is -0.398 e. The van der Waals surface area contributed by atoms with Crippen LogP contribution in [0.15, 0.2) is 36.4 Å². The molecule has 0 atom stereocenters. The summed E-state index contributed by atoms with van der Waals surface area (Å²) in [6, 6.07) is 12.5. The summed E-state index contributed by atoms with van der Waals surface area (Å²) in [7, 11) is 2.12. The van der Waals surface area contributed by atoms with Gasteiger partial charge in [-0.3, -0.25) is 9.67 Å². The summed E-state index contributed by atoms with van der Waals surface area (Å²) >= 11 is 5.57. The summed E-state index contributed by atoms with van der Waals surface area (Å²) in [5.74, 6) is 1.14. The molecule has 0 unspecified atom stereocenters. The van der Waals surface area contributed by atoms with Gasteiger partial charge in [0.05, 0.1) is 5.69 Å². The average Bonchev–Trinajstić information content (AvgIpc) is 3.11. The third-order valence-corrected chi connectivity index (χ3v) is 5.35. The van der Waals surface area contributed by atoms with Gasteiger partial charge in [-0.2, -0.15) is 5.10 Å². The molecule has 0 aliphatic rings. The van der Waals surface area contributed by atoms with Crippen LogP contribution >= 0.6 is 12.2 Å². The zero-order valence-corrected chi connectivity index (χ0v) is 20.1. The van der Waals surface area contributed by atoms with Crippen LogP contribution in [0.3, 0.4) is 0 Å². The van der Waals surface area contributed by atoms with E-state index in [2.05, 4.69) is 80.2 Å². The normalized spacial score (nSPS) is 10.7. The van der Waals surface area contributed by atoms with Gasteiger partial charge >= 0.3 is 0 Å². The monoisotopic (exact) mass is 425 g/mol. The molecule has 0 amide bonds. The molecule has 5 nitrogen and oxygen atoms in total. The van der Waals surface area contributed by atoms with Gasteiger partial charge in [0, 0.05) is 30.5 Å². The first-order valence-corrected chi connectivity index (χ1v) is 11.1. The quantitative estimate of drug-likeness (QED) is 0.350. The molecule has 1 aromatic heterocycles. The van der Waals surface area contributed by atoms with Crippen LogP contribution in [0, 0.1) is 11.7 Å². The standard InChI is InChI=1S/C22H29N5S.C2H6/c1-6-11-26(5)20-13-17(9-7-15(20)4)27-21(24-25-22(27)28)18-12-16(14(2)3)8-10-19(18)23;1-2/h7-10,12-14H,6,11,23H2,1-5H3,(H,25,28);1-2H3. The number of H-pyrrole nitrogens is 1. The van der Waals surface area contributed by atoms with Crippen molar-refractivity contribution in [1.29, 1.82) is 0 Å². The lowest BCUT2D eigenvalue weighted by atomic mass is 9.99. The van der Waals surface area contributed by atoms with Crippen LogP contribution in [-0.2, 0) is 0 Å². The van der Waals surface area contributed by atoms with Crippen LogP contribution in [0.25, 0.3) is 17.1 Å². The molecule has 3 aromatic rings. The first-order valence-electron chi connectivity index (χ1n) is 10.7. The second-order valence-electron chi connectivity index (χ2n) is 7.58. The summed E-state index contributed by atoms with van der Waals surface area (Å²) in [5.41, 5.74) is 12.5. The largest absolute Gasteiger partial charge is 0.398 e. The van der Waals surface area contributed by atoms with E-state index in [1.807, 2.05) is 24.5 Å². The fraction of sp³-hybridized carbons (Fsp3) is 0.417. The van der Waals surface area contributed by atoms with Crippen LogP contribution in [0.2, 0.25) is 0 Å². The summed E-state index contributed by atoms with van der Waals surface area (Å²) < 4.78 is 2.52. The van der Waals surface area contributed by atoms with Gasteiger partial charge in [0.25, 0.3) is 0 Å². The summed E-state index contributed by atoms with van der Waals surface area (Å²) in [5, 5.41) is 7.45. The highest BCUT2D eigenvalue weighted by atomic mass is 32.1. The number of hydrogen-bond acceptors (Lipinski definition) is 4. The second-order valence-corrected chi connectivity index (χ2v) is 7.97. The zero-order valence-electron chi connectivity index (χ0n) is 19.3.